The van der Waals surface area contributed by atoms with Crippen LogP contribution in [0.1, 0.15) is 18.1 Å². The molecule has 1 amide bonds. The van der Waals surface area contributed by atoms with Gasteiger partial charge in [-0.05, 0) is 37.1 Å². The van der Waals surface area contributed by atoms with Crippen molar-refractivity contribution in [1.82, 2.24) is 18.9 Å². The zero-order chi connectivity index (χ0) is 22.8. The van der Waals surface area contributed by atoms with Gasteiger partial charge in [0.05, 0.1) is 12.1 Å². The lowest BCUT2D eigenvalue weighted by molar-refractivity contribution is -0.116. The highest BCUT2D eigenvalue weighted by atomic mass is 35.5. The van der Waals surface area contributed by atoms with Crippen molar-refractivity contribution in [1.29, 1.82) is 0 Å². The van der Waals surface area contributed by atoms with Crippen molar-refractivity contribution in [2.24, 2.45) is 0 Å². The monoisotopic (exact) mass is 451 g/mol. The van der Waals surface area contributed by atoms with Gasteiger partial charge in [-0.3, -0.25) is 23.4 Å². The Morgan fingerprint density at radius 3 is 2.53 bits per heavy atom. The summed E-state index contributed by atoms with van der Waals surface area (Å²) in [5.41, 5.74) is 1.51. The Hall–Kier alpha value is -3.65. The molecule has 32 heavy (non-hydrogen) atoms. The van der Waals surface area contributed by atoms with Gasteiger partial charge in [0.2, 0.25) is 5.91 Å². The molecule has 2 heterocycles. The van der Waals surface area contributed by atoms with E-state index in [1.54, 1.807) is 36.0 Å². The van der Waals surface area contributed by atoms with Crippen LogP contribution in [0.15, 0.2) is 64.3 Å². The molecule has 0 atom stereocenters. The fourth-order valence-electron chi connectivity index (χ4n) is 3.52. The number of carbonyl (C=O) groups is 1. The van der Waals surface area contributed by atoms with Crippen LogP contribution < -0.4 is 16.6 Å². The molecule has 1 N–H and O–H groups in total. The van der Waals surface area contributed by atoms with E-state index in [-0.39, 0.29) is 18.6 Å². The van der Waals surface area contributed by atoms with Crippen molar-refractivity contribution in [3.8, 4) is 0 Å². The maximum Gasteiger partial charge on any atom is 0.332 e. The van der Waals surface area contributed by atoms with Crippen molar-refractivity contribution in [3.05, 3.63) is 91.7 Å². The number of nitrogens with zero attached hydrogens (tertiary/aromatic N) is 4. The summed E-state index contributed by atoms with van der Waals surface area (Å²) in [6.45, 7) is 4.02. The highest BCUT2D eigenvalue weighted by molar-refractivity contribution is 6.31. The van der Waals surface area contributed by atoms with Gasteiger partial charge in [-0.15, -0.1) is 0 Å². The maximum atomic E-state index is 13.3. The van der Waals surface area contributed by atoms with Gasteiger partial charge in [0, 0.05) is 23.5 Å². The van der Waals surface area contributed by atoms with Crippen molar-refractivity contribution < 1.29 is 4.79 Å². The molecule has 4 aromatic rings. The first-order chi connectivity index (χ1) is 15.4. The normalized spacial score (nSPS) is 11.1. The standard InChI is InChI=1S/C23H22ClN5O3/c1-3-27-13-19-21(26-27)22(31)29(12-16-8-5-4-6-9-16)23(32)28(19)14-20(30)25-18-11-7-10-17(24)15(18)2/h4-11,13H,3,12,14H2,1-2H3,(H,25,30). The Labute approximate surface area is 188 Å². The van der Waals surface area contributed by atoms with Crippen LogP contribution in [-0.4, -0.2) is 24.8 Å². The van der Waals surface area contributed by atoms with Crippen molar-refractivity contribution in [2.45, 2.75) is 33.5 Å². The molecule has 0 saturated heterocycles. The molecule has 4 rings (SSSR count). The molecule has 164 valence electrons. The summed E-state index contributed by atoms with van der Waals surface area (Å²) in [6, 6.07) is 14.4. The molecule has 8 nitrogen and oxygen atoms in total. The molecule has 9 heteroatoms. The SMILES string of the molecule is CCn1cc2c(n1)c(=O)n(Cc1ccccc1)c(=O)n2CC(=O)Nc1cccc(Cl)c1C. The Balaban J connectivity index is 1.78. The van der Waals surface area contributed by atoms with Crippen LogP contribution in [0.25, 0.3) is 11.0 Å². The number of anilines is 1. The molecule has 0 aliphatic heterocycles. The Bertz CT molecular complexity index is 1420. The number of nitrogens with one attached hydrogen (secondary N) is 1. The lowest BCUT2D eigenvalue weighted by atomic mass is 10.2. The Morgan fingerprint density at radius 2 is 1.81 bits per heavy atom. The number of hydrogen-bond acceptors (Lipinski definition) is 4. The van der Waals surface area contributed by atoms with E-state index in [0.717, 1.165) is 15.7 Å². The first-order valence-corrected chi connectivity index (χ1v) is 10.6. The topological polar surface area (TPSA) is 90.9 Å². The van der Waals surface area contributed by atoms with Gasteiger partial charge >= 0.3 is 5.69 Å². The molecule has 0 aliphatic carbocycles. The van der Waals surface area contributed by atoms with Crippen LogP contribution in [0.5, 0.6) is 0 Å². The van der Waals surface area contributed by atoms with Gasteiger partial charge in [-0.2, -0.15) is 5.10 Å². The van der Waals surface area contributed by atoms with E-state index in [1.807, 2.05) is 37.3 Å². The van der Waals surface area contributed by atoms with E-state index in [9.17, 15) is 14.4 Å². The first-order valence-electron chi connectivity index (χ1n) is 10.2. The van der Waals surface area contributed by atoms with Gasteiger partial charge in [0.1, 0.15) is 6.54 Å². The molecule has 0 bridgehead atoms. The van der Waals surface area contributed by atoms with Crippen molar-refractivity contribution in [2.75, 3.05) is 5.32 Å². The molecule has 0 spiro atoms. The quantitative estimate of drug-likeness (QED) is 0.488. The van der Waals surface area contributed by atoms with Crippen LogP contribution in [0, 0.1) is 6.92 Å². The van der Waals surface area contributed by atoms with E-state index in [4.69, 9.17) is 11.6 Å². The average molecular weight is 452 g/mol. The summed E-state index contributed by atoms with van der Waals surface area (Å²) in [4.78, 5) is 39.2. The first kappa shape index (κ1) is 21.6. The molecule has 0 saturated carbocycles. The van der Waals surface area contributed by atoms with E-state index in [2.05, 4.69) is 10.4 Å². The minimum atomic E-state index is -0.569. The minimum Gasteiger partial charge on any atom is -0.324 e. The van der Waals surface area contributed by atoms with E-state index < -0.39 is 17.2 Å². The molecular weight excluding hydrogens is 430 g/mol. The summed E-state index contributed by atoms with van der Waals surface area (Å²) in [5.74, 6) is -0.409. The van der Waals surface area contributed by atoms with Crippen LogP contribution >= 0.6 is 11.6 Å². The molecule has 2 aromatic carbocycles. The summed E-state index contributed by atoms with van der Waals surface area (Å²) >= 11 is 6.14. The fraction of sp³-hybridized carbons (Fsp3) is 0.217. The second-order valence-corrected chi connectivity index (χ2v) is 7.83. The van der Waals surface area contributed by atoms with E-state index in [1.165, 1.54) is 4.57 Å². The predicted molar refractivity (Wildman–Crippen MR) is 124 cm³/mol. The molecule has 0 fully saturated rings. The van der Waals surface area contributed by atoms with Crippen LogP contribution in [0.3, 0.4) is 0 Å². The molecular formula is C23H22ClN5O3. The molecule has 2 aromatic heterocycles. The second-order valence-electron chi connectivity index (χ2n) is 7.42. The second kappa shape index (κ2) is 8.84. The zero-order valence-electron chi connectivity index (χ0n) is 17.7. The minimum absolute atomic E-state index is 0.0858. The largest absolute Gasteiger partial charge is 0.332 e. The summed E-state index contributed by atoms with van der Waals surface area (Å²) in [6.07, 6.45) is 1.61. The van der Waals surface area contributed by atoms with Gasteiger partial charge in [0.15, 0.2) is 5.52 Å². The molecule has 0 unspecified atom stereocenters. The van der Waals surface area contributed by atoms with Gasteiger partial charge in [-0.25, -0.2) is 4.79 Å². The predicted octanol–water partition coefficient (Wildman–Crippen LogP) is 3.03. The third-order valence-corrected chi connectivity index (χ3v) is 5.70. The summed E-state index contributed by atoms with van der Waals surface area (Å²) in [7, 11) is 0. The fourth-order valence-corrected chi connectivity index (χ4v) is 3.70. The van der Waals surface area contributed by atoms with E-state index >= 15 is 0 Å². The van der Waals surface area contributed by atoms with Crippen molar-refractivity contribution >= 4 is 34.2 Å². The smallest absolute Gasteiger partial charge is 0.324 e. The third-order valence-electron chi connectivity index (χ3n) is 5.29. The zero-order valence-corrected chi connectivity index (χ0v) is 18.5. The number of fused-ring (bicyclic) bond motifs is 1. The van der Waals surface area contributed by atoms with E-state index in [0.29, 0.717) is 22.8 Å². The molecule has 0 radical (unpaired) electrons. The number of carbonyl (C=O) groups excluding carboxylic acids is 1. The summed E-state index contributed by atoms with van der Waals surface area (Å²) in [5, 5.41) is 7.66. The highest BCUT2D eigenvalue weighted by Crippen LogP contribution is 2.23. The Morgan fingerprint density at radius 1 is 1.06 bits per heavy atom. The highest BCUT2D eigenvalue weighted by Gasteiger charge is 2.19. The lowest BCUT2D eigenvalue weighted by Gasteiger charge is -2.13. The molecule has 0 aliphatic rings. The van der Waals surface area contributed by atoms with Crippen LogP contribution in [0.4, 0.5) is 5.69 Å². The number of benzene rings is 2. The number of halogens is 1. The lowest BCUT2D eigenvalue weighted by Crippen LogP contribution is -2.41. The number of rotatable bonds is 6. The van der Waals surface area contributed by atoms with Gasteiger partial charge in [0.25, 0.3) is 5.56 Å². The third kappa shape index (κ3) is 4.09. The van der Waals surface area contributed by atoms with Crippen LogP contribution in [0.2, 0.25) is 5.02 Å². The Kier molecular flexibility index (Phi) is 5.96. The maximum absolute atomic E-state index is 13.3. The number of aromatic nitrogens is 4. The van der Waals surface area contributed by atoms with Crippen molar-refractivity contribution in [3.63, 3.8) is 0 Å². The number of amides is 1. The summed E-state index contributed by atoms with van der Waals surface area (Å²) < 4.78 is 3.98. The van der Waals surface area contributed by atoms with Gasteiger partial charge in [-0.1, -0.05) is 48.0 Å². The average Bonchev–Trinajstić information content (AvgIpc) is 3.23. The van der Waals surface area contributed by atoms with Gasteiger partial charge < -0.3 is 5.32 Å². The van der Waals surface area contributed by atoms with Crippen LogP contribution in [-0.2, 0) is 24.4 Å². The number of aryl methyl sites for hydroxylation is 1. The number of hydrogen-bond donors (Lipinski definition) is 1.